The Labute approximate surface area is 197 Å². The van der Waals surface area contributed by atoms with Crippen LogP contribution >= 0.6 is 0 Å². The highest BCUT2D eigenvalue weighted by Gasteiger charge is 2.36. The Morgan fingerprint density at radius 2 is 1.79 bits per heavy atom. The number of carbonyl (C=O) groups excluding carboxylic acids is 1. The molecule has 2 unspecified atom stereocenters. The van der Waals surface area contributed by atoms with Gasteiger partial charge in [0, 0.05) is 55.8 Å². The Balaban J connectivity index is 1.71. The molecule has 1 aromatic heterocycles. The zero-order valence-corrected chi connectivity index (χ0v) is 21.0. The number of aryl methyl sites for hydroxylation is 2. The maximum absolute atomic E-state index is 12.8. The molecule has 1 aromatic carbocycles. The topological polar surface area (TPSA) is 70.6 Å². The van der Waals surface area contributed by atoms with E-state index in [9.17, 15) is 4.79 Å². The molecule has 0 saturated carbocycles. The van der Waals surface area contributed by atoms with Gasteiger partial charge in [0.15, 0.2) is 5.82 Å². The van der Waals surface area contributed by atoms with Gasteiger partial charge in [-0.05, 0) is 59.6 Å². The SMILES string of the molecule is Cc1cccc(C)c1-c1nc2c(c(N3CC(C)N(C(=O)OC(C)(C)C)CC3C)n1)CNCC2. The lowest BCUT2D eigenvalue weighted by molar-refractivity contribution is 0.0129. The largest absolute Gasteiger partial charge is 0.444 e. The number of rotatable bonds is 2. The van der Waals surface area contributed by atoms with Crippen LogP contribution < -0.4 is 10.2 Å². The molecular formula is C26H37N5O2. The van der Waals surface area contributed by atoms with Gasteiger partial charge in [-0.3, -0.25) is 0 Å². The molecule has 178 valence electrons. The molecule has 2 atom stereocenters. The van der Waals surface area contributed by atoms with E-state index in [-0.39, 0.29) is 18.2 Å². The van der Waals surface area contributed by atoms with Crippen molar-refractivity contribution in [1.29, 1.82) is 0 Å². The van der Waals surface area contributed by atoms with Gasteiger partial charge >= 0.3 is 6.09 Å². The number of fused-ring (bicyclic) bond motifs is 1. The molecule has 0 radical (unpaired) electrons. The highest BCUT2D eigenvalue weighted by molar-refractivity contribution is 5.70. The van der Waals surface area contributed by atoms with Crippen LogP contribution in [-0.4, -0.2) is 58.3 Å². The van der Waals surface area contributed by atoms with Gasteiger partial charge in [-0.15, -0.1) is 0 Å². The van der Waals surface area contributed by atoms with Crippen molar-refractivity contribution in [2.45, 2.75) is 79.1 Å². The van der Waals surface area contributed by atoms with Crippen LogP contribution in [0.25, 0.3) is 11.4 Å². The lowest BCUT2D eigenvalue weighted by Crippen LogP contribution is -2.59. The van der Waals surface area contributed by atoms with E-state index in [1.807, 2.05) is 25.7 Å². The summed E-state index contributed by atoms with van der Waals surface area (Å²) in [4.78, 5) is 27.2. The lowest BCUT2D eigenvalue weighted by Gasteiger charge is -2.45. The van der Waals surface area contributed by atoms with Gasteiger partial charge in [-0.25, -0.2) is 14.8 Å². The smallest absolute Gasteiger partial charge is 0.410 e. The van der Waals surface area contributed by atoms with Crippen LogP contribution in [0.2, 0.25) is 0 Å². The molecule has 2 aliphatic rings. The Hall–Kier alpha value is -2.67. The first kappa shape index (κ1) is 23.5. The number of piperazine rings is 1. The van der Waals surface area contributed by atoms with Gasteiger partial charge in [0.25, 0.3) is 0 Å². The van der Waals surface area contributed by atoms with Gasteiger partial charge < -0.3 is 19.9 Å². The second-order valence-corrected chi connectivity index (χ2v) is 10.5. The summed E-state index contributed by atoms with van der Waals surface area (Å²) in [7, 11) is 0. The van der Waals surface area contributed by atoms with Crippen molar-refractivity contribution in [2.24, 2.45) is 0 Å². The summed E-state index contributed by atoms with van der Waals surface area (Å²) in [5.41, 5.74) is 5.30. The number of hydrogen-bond acceptors (Lipinski definition) is 6. The molecule has 0 spiro atoms. The Kier molecular flexibility index (Phi) is 6.36. The van der Waals surface area contributed by atoms with E-state index in [1.165, 1.54) is 16.7 Å². The molecule has 0 aliphatic carbocycles. The maximum atomic E-state index is 12.8. The summed E-state index contributed by atoms with van der Waals surface area (Å²) in [6.45, 7) is 17.2. The van der Waals surface area contributed by atoms with Crippen molar-refractivity contribution >= 4 is 11.9 Å². The Bertz CT molecular complexity index is 1030. The van der Waals surface area contributed by atoms with Crippen LogP contribution in [0.15, 0.2) is 18.2 Å². The van der Waals surface area contributed by atoms with Gasteiger partial charge in [0.05, 0.1) is 5.69 Å². The zero-order chi connectivity index (χ0) is 23.9. The number of benzene rings is 1. The van der Waals surface area contributed by atoms with Gasteiger partial charge in [0.2, 0.25) is 0 Å². The average molecular weight is 452 g/mol. The van der Waals surface area contributed by atoms with Crippen LogP contribution in [0.3, 0.4) is 0 Å². The molecule has 4 rings (SSSR count). The minimum atomic E-state index is -0.505. The second-order valence-electron chi connectivity index (χ2n) is 10.5. The quantitative estimate of drug-likeness (QED) is 0.736. The predicted molar refractivity (Wildman–Crippen MR) is 132 cm³/mol. The summed E-state index contributed by atoms with van der Waals surface area (Å²) in [5, 5.41) is 3.49. The fraction of sp³-hybridized carbons (Fsp3) is 0.577. The monoisotopic (exact) mass is 451 g/mol. The average Bonchev–Trinajstić information content (AvgIpc) is 2.73. The maximum Gasteiger partial charge on any atom is 0.410 e. The molecule has 1 N–H and O–H groups in total. The summed E-state index contributed by atoms with van der Waals surface area (Å²) < 4.78 is 5.66. The predicted octanol–water partition coefficient (Wildman–Crippen LogP) is 4.24. The number of amides is 1. The molecule has 2 aliphatic heterocycles. The molecule has 1 saturated heterocycles. The van der Waals surface area contributed by atoms with Crippen molar-refractivity contribution < 1.29 is 9.53 Å². The van der Waals surface area contributed by atoms with Crippen molar-refractivity contribution in [2.75, 3.05) is 24.5 Å². The number of aromatic nitrogens is 2. The van der Waals surface area contributed by atoms with Gasteiger partial charge in [0.1, 0.15) is 11.4 Å². The fourth-order valence-corrected chi connectivity index (χ4v) is 4.84. The van der Waals surface area contributed by atoms with Gasteiger partial charge in [-0.1, -0.05) is 18.2 Å². The van der Waals surface area contributed by atoms with E-state index in [4.69, 9.17) is 14.7 Å². The van der Waals surface area contributed by atoms with E-state index >= 15 is 0 Å². The zero-order valence-electron chi connectivity index (χ0n) is 21.0. The number of nitrogens with one attached hydrogen (secondary N) is 1. The third kappa shape index (κ3) is 4.83. The molecule has 0 bridgehead atoms. The van der Waals surface area contributed by atoms with Crippen molar-refractivity contribution in [3.05, 3.63) is 40.6 Å². The molecule has 33 heavy (non-hydrogen) atoms. The summed E-state index contributed by atoms with van der Waals surface area (Å²) in [5.74, 6) is 1.80. The number of anilines is 1. The van der Waals surface area contributed by atoms with E-state index in [0.717, 1.165) is 42.4 Å². The summed E-state index contributed by atoms with van der Waals surface area (Å²) >= 11 is 0. The van der Waals surface area contributed by atoms with E-state index in [2.05, 4.69) is 56.1 Å². The van der Waals surface area contributed by atoms with Gasteiger partial charge in [-0.2, -0.15) is 0 Å². The molecule has 3 heterocycles. The third-order valence-electron chi connectivity index (χ3n) is 6.50. The van der Waals surface area contributed by atoms with Crippen molar-refractivity contribution in [3.63, 3.8) is 0 Å². The second kappa shape index (κ2) is 8.93. The molecule has 7 nitrogen and oxygen atoms in total. The first-order valence-electron chi connectivity index (χ1n) is 12.0. The number of ether oxygens (including phenoxy) is 1. The minimum absolute atomic E-state index is 0.0156. The lowest BCUT2D eigenvalue weighted by atomic mass is 10.00. The Morgan fingerprint density at radius 3 is 2.45 bits per heavy atom. The van der Waals surface area contributed by atoms with E-state index < -0.39 is 5.60 Å². The molecule has 1 amide bonds. The molecule has 2 aromatic rings. The number of hydrogen-bond donors (Lipinski definition) is 1. The summed E-state index contributed by atoms with van der Waals surface area (Å²) in [6, 6.07) is 6.45. The highest BCUT2D eigenvalue weighted by atomic mass is 16.6. The fourth-order valence-electron chi connectivity index (χ4n) is 4.84. The number of nitrogens with zero attached hydrogens (tertiary/aromatic N) is 4. The number of carbonyl (C=O) groups is 1. The molecule has 7 heteroatoms. The first-order valence-corrected chi connectivity index (χ1v) is 12.0. The van der Waals surface area contributed by atoms with E-state index in [1.54, 1.807) is 0 Å². The Morgan fingerprint density at radius 1 is 1.09 bits per heavy atom. The summed E-state index contributed by atoms with van der Waals surface area (Å²) in [6.07, 6.45) is 0.647. The molecular weight excluding hydrogens is 414 g/mol. The molecule has 1 fully saturated rings. The van der Waals surface area contributed by atoms with Crippen molar-refractivity contribution in [3.8, 4) is 11.4 Å². The van der Waals surface area contributed by atoms with Crippen LogP contribution in [-0.2, 0) is 17.7 Å². The van der Waals surface area contributed by atoms with Crippen LogP contribution in [0.1, 0.15) is 57.0 Å². The normalized spacial score (nSPS) is 21.1. The standard InChI is InChI=1S/C26H37N5O2/c1-16-9-8-10-17(2)22(16)23-28-21-11-12-27-13-20(21)24(29-23)30-14-19(4)31(15-18(30)3)25(32)33-26(5,6)7/h8-10,18-19,27H,11-15H2,1-7H3. The van der Waals surface area contributed by atoms with Crippen molar-refractivity contribution in [1.82, 2.24) is 20.2 Å². The highest BCUT2D eigenvalue weighted by Crippen LogP contribution is 2.33. The van der Waals surface area contributed by atoms with Crippen LogP contribution in [0.5, 0.6) is 0 Å². The minimum Gasteiger partial charge on any atom is -0.444 e. The van der Waals surface area contributed by atoms with Crippen LogP contribution in [0, 0.1) is 13.8 Å². The van der Waals surface area contributed by atoms with E-state index in [0.29, 0.717) is 13.1 Å². The third-order valence-corrected chi connectivity index (χ3v) is 6.50. The van der Waals surface area contributed by atoms with Crippen LogP contribution in [0.4, 0.5) is 10.6 Å². The first-order chi connectivity index (χ1) is 15.5.